The van der Waals surface area contributed by atoms with Crippen molar-refractivity contribution in [3.63, 3.8) is 0 Å². The van der Waals surface area contributed by atoms with Gasteiger partial charge in [-0.05, 0) is 42.5 Å². The van der Waals surface area contributed by atoms with E-state index in [2.05, 4.69) is 25.4 Å². The summed E-state index contributed by atoms with van der Waals surface area (Å²) in [5.41, 5.74) is 9.44. The van der Waals surface area contributed by atoms with Crippen LogP contribution in [-0.2, 0) is 4.79 Å². The smallest absolute Gasteiger partial charge is 0.323 e. The summed E-state index contributed by atoms with van der Waals surface area (Å²) in [6.07, 6.45) is 4.69. The van der Waals surface area contributed by atoms with E-state index in [0.717, 1.165) is 18.4 Å². The number of nitrogens with one attached hydrogen (secondary N) is 2. The maximum absolute atomic E-state index is 13.3. The lowest BCUT2D eigenvalue weighted by Crippen LogP contribution is -2.41. The highest BCUT2D eigenvalue weighted by molar-refractivity contribution is 6.01. The number of nitrogens with zero attached hydrogens (tertiary/aromatic N) is 6. The van der Waals surface area contributed by atoms with Crippen molar-refractivity contribution < 1.29 is 9.59 Å². The van der Waals surface area contributed by atoms with Crippen LogP contribution < -0.4 is 16.4 Å². The third-order valence-electron chi connectivity index (χ3n) is 6.90. The second-order valence-electron chi connectivity index (χ2n) is 11.3. The van der Waals surface area contributed by atoms with Gasteiger partial charge in [0.15, 0.2) is 5.65 Å². The molecule has 3 amide bonds. The van der Waals surface area contributed by atoms with Crippen molar-refractivity contribution in [1.29, 1.82) is 0 Å². The van der Waals surface area contributed by atoms with Gasteiger partial charge in [-0.2, -0.15) is 5.10 Å². The Bertz CT molecular complexity index is 1680. The average molecular weight is 564 g/mol. The highest BCUT2D eigenvalue weighted by atomic mass is 16.2. The highest BCUT2D eigenvalue weighted by Crippen LogP contribution is 2.34. The molecule has 1 atom stereocenters. The Labute approximate surface area is 244 Å². The number of para-hydroxylation sites is 1. The first-order valence-corrected chi connectivity index (χ1v) is 13.7. The fourth-order valence-corrected chi connectivity index (χ4v) is 5.03. The zero-order valence-corrected chi connectivity index (χ0v) is 23.8. The Morgan fingerprint density at radius 1 is 1.05 bits per heavy atom. The molecule has 5 rings (SSSR count). The van der Waals surface area contributed by atoms with Crippen molar-refractivity contribution in [2.75, 3.05) is 29.5 Å². The molecule has 0 radical (unpaired) electrons. The van der Waals surface area contributed by atoms with Crippen LogP contribution in [0.1, 0.15) is 39.7 Å². The number of amides is 3. The predicted molar refractivity (Wildman–Crippen MR) is 163 cm³/mol. The van der Waals surface area contributed by atoms with Gasteiger partial charge in [0.2, 0.25) is 5.70 Å². The SMILES string of the molecule is [C-]#[N+]/C(=C\C(C)(C)C)C(=O)N1CCC[C@@H](n2nc(-c3ccc(NC(=O)Nc4ccccc4)cc3)c3c(N)ncnc32)C1. The molecule has 11 nitrogen and oxygen atoms in total. The van der Waals surface area contributed by atoms with E-state index in [4.69, 9.17) is 17.4 Å². The molecule has 1 saturated heterocycles. The van der Waals surface area contributed by atoms with Crippen LogP contribution in [0.4, 0.5) is 22.0 Å². The summed E-state index contributed by atoms with van der Waals surface area (Å²) < 4.78 is 1.83. The van der Waals surface area contributed by atoms with Crippen LogP contribution in [0.5, 0.6) is 0 Å². The number of fused-ring (bicyclic) bond motifs is 1. The maximum atomic E-state index is 13.3. The van der Waals surface area contributed by atoms with Crippen LogP contribution in [0.2, 0.25) is 0 Å². The molecule has 2 aromatic carbocycles. The van der Waals surface area contributed by atoms with Gasteiger partial charge in [-0.25, -0.2) is 24.3 Å². The summed E-state index contributed by atoms with van der Waals surface area (Å²) in [5.74, 6) is 0.0349. The standard InChI is InChI=1S/C31H33N9O2/c1-31(2,3)17-24(33-4)29(41)39-16-8-11-23(18-39)40-28-25(27(32)34-19-35-28)26(38-40)20-12-14-22(15-13-20)37-30(42)36-21-9-6-5-7-10-21/h5-7,9-10,12-15,17,19,23H,8,11,16,18H2,1-3H3,(H2,32,34,35)(H2,36,37,42)/b24-17-/t23-/m1/s1. The molecule has 3 heterocycles. The number of aromatic nitrogens is 4. The number of hydrogen-bond acceptors (Lipinski definition) is 6. The summed E-state index contributed by atoms with van der Waals surface area (Å²) >= 11 is 0. The number of likely N-dealkylation sites (tertiary alicyclic amines) is 1. The normalized spacial score (nSPS) is 15.7. The van der Waals surface area contributed by atoms with Gasteiger partial charge in [0.1, 0.15) is 17.8 Å². The quantitative estimate of drug-likeness (QED) is 0.210. The summed E-state index contributed by atoms with van der Waals surface area (Å²) in [5, 5.41) is 11.2. The van der Waals surface area contributed by atoms with E-state index in [9.17, 15) is 9.59 Å². The Kier molecular flexibility index (Phi) is 7.88. The second kappa shape index (κ2) is 11.7. The number of hydrogen-bond donors (Lipinski definition) is 3. The van der Waals surface area contributed by atoms with Gasteiger partial charge < -0.3 is 21.3 Å². The molecule has 0 aliphatic carbocycles. The molecule has 0 unspecified atom stereocenters. The summed E-state index contributed by atoms with van der Waals surface area (Å²) in [4.78, 5) is 39.7. The number of nitrogens with two attached hydrogens (primary N) is 1. The number of carbonyl (C=O) groups excluding carboxylic acids is 2. The van der Waals surface area contributed by atoms with Crippen molar-refractivity contribution in [2.24, 2.45) is 5.41 Å². The van der Waals surface area contributed by atoms with Crippen molar-refractivity contribution in [3.8, 4) is 11.3 Å². The molecule has 11 heteroatoms. The minimum absolute atomic E-state index is 0.131. The zero-order valence-electron chi connectivity index (χ0n) is 23.8. The lowest BCUT2D eigenvalue weighted by Gasteiger charge is -2.33. The topological polar surface area (TPSA) is 135 Å². The Hall–Kier alpha value is -5.24. The zero-order chi connectivity index (χ0) is 29.9. The molecule has 1 fully saturated rings. The number of anilines is 3. The minimum atomic E-state index is -0.351. The number of nitrogen functional groups attached to an aromatic ring is 1. The van der Waals surface area contributed by atoms with Crippen molar-refractivity contribution in [3.05, 3.63) is 84.1 Å². The van der Waals surface area contributed by atoms with E-state index in [-0.39, 0.29) is 29.1 Å². The van der Waals surface area contributed by atoms with Crippen molar-refractivity contribution >= 4 is 40.2 Å². The molecule has 4 aromatic rings. The van der Waals surface area contributed by atoms with E-state index in [1.54, 1.807) is 23.1 Å². The molecule has 1 aliphatic rings. The monoisotopic (exact) mass is 563 g/mol. The molecule has 0 bridgehead atoms. The summed E-state index contributed by atoms with van der Waals surface area (Å²) in [6, 6.07) is 16.0. The summed E-state index contributed by atoms with van der Waals surface area (Å²) in [7, 11) is 0. The highest BCUT2D eigenvalue weighted by Gasteiger charge is 2.30. The predicted octanol–water partition coefficient (Wildman–Crippen LogP) is 5.73. The first kappa shape index (κ1) is 28.3. The lowest BCUT2D eigenvalue weighted by atomic mass is 9.95. The van der Waals surface area contributed by atoms with Crippen LogP contribution in [0.3, 0.4) is 0 Å². The molecular weight excluding hydrogens is 530 g/mol. The number of carbonyl (C=O) groups is 2. The van der Waals surface area contributed by atoms with Gasteiger partial charge in [-0.15, -0.1) is 0 Å². The van der Waals surface area contributed by atoms with Crippen LogP contribution in [0, 0.1) is 12.0 Å². The fourth-order valence-electron chi connectivity index (χ4n) is 5.03. The van der Waals surface area contributed by atoms with Crippen LogP contribution >= 0.6 is 0 Å². The Morgan fingerprint density at radius 2 is 1.74 bits per heavy atom. The molecule has 1 aliphatic heterocycles. The first-order chi connectivity index (χ1) is 20.1. The maximum Gasteiger partial charge on any atom is 0.323 e. The van der Waals surface area contributed by atoms with E-state index >= 15 is 0 Å². The van der Waals surface area contributed by atoms with Crippen LogP contribution in [-0.4, -0.2) is 49.7 Å². The van der Waals surface area contributed by atoms with Crippen molar-refractivity contribution in [1.82, 2.24) is 24.6 Å². The van der Waals surface area contributed by atoms with Gasteiger partial charge in [0.05, 0.1) is 18.0 Å². The third-order valence-corrected chi connectivity index (χ3v) is 6.90. The molecular formula is C31H33N9O2. The molecule has 2 aromatic heterocycles. The van der Waals surface area contributed by atoms with Gasteiger partial charge in [0.25, 0.3) is 5.91 Å². The van der Waals surface area contributed by atoms with E-state index < -0.39 is 0 Å². The van der Waals surface area contributed by atoms with Crippen LogP contribution in [0.25, 0.3) is 27.1 Å². The summed E-state index contributed by atoms with van der Waals surface area (Å²) in [6.45, 7) is 14.4. The largest absolute Gasteiger partial charge is 0.383 e. The van der Waals surface area contributed by atoms with Crippen molar-refractivity contribution in [2.45, 2.75) is 39.7 Å². The average Bonchev–Trinajstić information content (AvgIpc) is 3.37. The second-order valence-corrected chi connectivity index (χ2v) is 11.3. The molecule has 0 spiro atoms. The van der Waals surface area contributed by atoms with Gasteiger partial charge >= 0.3 is 6.03 Å². The number of benzene rings is 2. The third kappa shape index (κ3) is 6.23. The Balaban J connectivity index is 1.40. The Morgan fingerprint density at radius 3 is 2.40 bits per heavy atom. The van der Waals surface area contributed by atoms with E-state index in [0.29, 0.717) is 47.0 Å². The molecule has 42 heavy (non-hydrogen) atoms. The molecule has 214 valence electrons. The van der Waals surface area contributed by atoms with E-state index in [1.807, 2.05) is 67.9 Å². The number of urea groups is 1. The van der Waals surface area contributed by atoms with Gasteiger partial charge in [0, 0.05) is 30.0 Å². The first-order valence-electron chi connectivity index (χ1n) is 13.7. The molecule has 0 saturated carbocycles. The van der Waals surface area contributed by atoms with Crippen LogP contribution in [0.15, 0.2) is 72.7 Å². The minimum Gasteiger partial charge on any atom is -0.383 e. The number of piperidine rings is 1. The fraction of sp³-hybridized carbons (Fsp3) is 0.290. The number of allylic oxidation sites excluding steroid dienone is 1. The lowest BCUT2D eigenvalue weighted by molar-refractivity contribution is -0.128. The van der Waals surface area contributed by atoms with Gasteiger partial charge in [-0.1, -0.05) is 57.2 Å². The van der Waals surface area contributed by atoms with Gasteiger partial charge in [-0.3, -0.25) is 4.79 Å². The van der Waals surface area contributed by atoms with E-state index in [1.165, 1.54) is 6.33 Å². The molecule has 4 N–H and O–H groups in total. The number of rotatable bonds is 5.